The first-order chi connectivity index (χ1) is 11.8. The van der Waals surface area contributed by atoms with Gasteiger partial charge in [0.1, 0.15) is 5.75 Å². The number of carbonyl (C=O) groups is 2. The van der Waals surface area contributed by atoms with Crippen LogP contribution in [0.1, 0.15) is 13.3 Å². The Balaban J connectivity index is 2.03. The SMILES string of the molecule is COC(=O)CCOc1ccc(S(=O)(=O)N2C[C@@H](C)[C@H](C(=O)O)C2)cc1. The molecule has 1 N–H and O–H groups in total. The highest BCUT2D eigenvalue weighted by Gasteiger charge is 2.40. The van der Waals surface area contributed by atoms with Gasteiger partial charge in [-0.05, 0) is 30.2 Å². The number of sulfonamides is 1. The van der Waals surface area contributed by atoms with Gasteiger partial charge in [0.2, 0.25) is 10.0 Å². The minimum Gasteiger partial charge on any atom is -0.493 e. The van der Waals surface area contributed by atoms with E-state index in [0.717, 1.165) is 0 Å². The molecule has 1 saturated heterocycles. The van der Waals surface area contributed by atoms with Crippen LogP contribution in [0, 0.1) is 11.8 Å². The van der Waals surface area contributed by atoms with Crippen LogP contribution in [0.25, 0.3) is 0 Å². The number of hydrogen-bond donors (Lipinski definition) is 1. The Kier molecular flexibility index (Phi) is 6.02. The second-order valence-corrected chi connectivity index (χ2v) is 7.83. The third kappa shape index (κ3) is 4.49. The first-order valence-electron chi connectivity index (χ1n) is 7.78. The summed E-state index contributed by atoms with van der Waals surface area (Å²) < 4.78 is 36.3. The van der Waals surface area contributed by atoms with E-state index >= 15 is 0 Å². The number of ether oxygens (including phenoxy) is 2. The van der Waals surface area contributed by atoms with Gasteiger partial charge in [0, 0.05) is 13.1 Å². The summed E-state index contributed by atoms with van der Waals surface area (Å²) in [7, 11) is -2.46. The Hall–Kier alpha value is -2.13. The number of aliphatic carboxylic acids is 1. The molecule has 0 saturated carbocycles. The monoisotopic (exact) mass is 371 g/mol. The number of benzene rings is 1. The molecule has 1 aromatic carbocycles. The lowest BCUT2D eigenvalue weighted by Crippen LogP contribution is -2.30. The van der Waals surface area contributed by atoms with E-state index in [2.05, 4.69) is 4.74 Å². The van der Waals surface area contributed by atoms with E-state index in [1.807, 2.05) is 0 Å². The third-order valence-electron chi connectivity index (χ3n) is 4.16. The molecule has 25 heavy (non-hydrogen) atoms. The topological polar surface area (TPSA) is 110 Å². The van der Waals surface area contributed by atoms with Crippen molar-refractivity contribution in [3.8, 4) is 5.75 Å². The number of nitrogens with zero attached hydrogens (tertiary/aromatic N) is 1. The maximum absolute atomic E-state index is 12.6. The summed E-state index contributed by atoms with van der Waals surface area (Å²) in [6.45, 7) is 2.00. The first-order valence-corrected chi connectivity index (χ1v) is 9.22. The van der Waals surface area contributed by atoms with Crippen LogP contribution < -0.4 is 4.74 Å². The maximum atomic E-state index is 12.6. The Morgan fingerprint density at radius 3 is 2.40 bits per heavy atom. The second kappa shape index (κ2) is 7.83. The highest BCUT2D eigenvalue weighted by molar-refractivity contribution is 7.89. The molecular weight excluding hydrogens is 350 g/mol. The molecule has 9 heteroatoms. The van der Waals surface area contributed by atoms with Crippen LogP contribution in [-0.2, 0) is 24.3 Å². The van der Waals surface area contributed by atoms with Crippen molar-refractivity contribution < 1.29 is 32.6 Å². The van der Waals surface area contributed by atoms with Gasteiger partial charge in [-0.25, -0.2) is 8.42 Å². The molecule has 2 atom stereocenters. The molecule has 0 radical (unpaired) electrons. The van der Waals surface area contributed by atoms with Crippen molar-refractivity contribution in [3.05, 3.63) is 24.3 Å². The van der Waals surface area contributed by atoms with E-state index in [9.17, 15) is 18.0 Å². The molecule has 8 nitrogen and oxygen atoms in total. The minimum atomic E-state index is -3.75. The standard InChI is InChI=1S/C16H21NO7S/c1-11-9-17(10-14(11)16(19)20)25(21,22)13-5-3-12(4-6-13)24-8-7-15(18)23-2/h3-6,11,14H,7-10H2,1-2H3,(H,19,20)/t11-,14-/m1/s1. The van der Waals surface area contributed by atoms with Gasteiger partial charge in [0.25, 0.3) is 0 Å². The summed E-state index contributed by atoms with van der Waals surface area (Å²) in [5, 5.41) is 9.14. The lowest BCUT2D eigenvalue weighted by atomic mass is 9.99. The summed E-state index contributed by atoms with van der Waals surface area (Å²) in [4.78, 5) is 22.2. The van der Waals surface area contributed by atoms with Crippen molar-refractivity contribution in [2.24, 2.45) is 11.8 Å². The largest absolute Gasteiger partial charge is 0.493 e. The fourth-order valence-corrected chi connectivity index (χ4v) is 4.22. The van der Waals surface area contributed by atoms with Crippen LogP contribution in [0.15, 0.2) is 29.2 Å². The quantitative estimate of drug-likeness (QED) is 0.711. The van der Waals surface area contributed by atoms with Gasteiger partial charge >= 0.3 is 11.9 Å². The number of methoxy groups -OCH3 is 1. The number of hydrogen-bond acceptors (Lipinski definition) is 6. The zero-order valence-electron chi connectivity index (χ0n) is 14.0. The first kappa shape index (κ1) is 19.2. The predicted octanol–water partition coefficient (Wildman–Crippen LogP) is 0.970. The van der Waals surface area contributed by atoms with E-state index in [1.54, 1.807) is 6.92 Å². The molecule has 1 aliphatic rings. The van der Waals surface area contributed by atoms with Crippen molar-refractivity contribution >= 4 is 22.0 Å². The van der Waals surface area contributed by atoms with Crippen LogP contribution in [0.3, 0.4) is 0 Å². The molecule has 138 valence electrons. The molecule has 1 fully saturated rings. The average Bonchev–Trinajstić information content (AvgIpc) is 2.98. The average molecular weight is 371 g/mol. The third-order valence-corrected chi connectivity index (χ3v) is 6.01. The van der Waals surface area contributed by atoms with Crippen LogP contribution >= 0.6 is 0 Å². The molecule has 0 unspecified atom stereocenters. The molecule has 0 aliphatic carbocycles. The van der Waals surface area contributed by atoms with E-state index in [-0.39, 0.29) is 36.9 Å². The second-order valence-electron chi connectivity index (χ2n) is 5.89. The van der Waals surface area contributed by atoms with Crippen LogP contribution in [0.4, 0.5) is 0 Å². The van der Waals surface area contributed by atoms with Gasteiger partial charge in [-0.2, -0.15) is 4.31 Å². The summed E-state index contributed by atoms with van der Waals surface area (Å²) in [6, 6.07) is 5.81. The van der Waals surface area contributed by atoms with Crippen molar-refractivity contribution in [1.82, 2.24) is 4.31 Å². The Morgan fingerprint density at radius 1 is 1.24 bits per heavy atom. The highest BCUT2D eigenvalue weighted by Crippen LogP contribution is 2.29. The zero-order chi connectivity index (χ0) is 18.6. The highest BCUT2D eigenvalue weighted by atomic mass is 32.2. The number of rotatable bonds is 7. The van der Waals surface area contributed by atoms with Crippen LogP contribution in [0.2, 0.25) is 0 Å². The van der Waals surface area contributed by atoms with Crippen molar-refractivity contribution in [2.75, 3.05) is 26.8 Å². The number of carbonyl (C=O) groups excluding carboxylic acids is 1. The van der Waals surface area contributed by atoms with Crippen molar-refractivity contribution in [3.63, 3.8) is 0 Å². The lowest BCUT2D eigenvalue weighted by molar-refractivity contribution is -0.142. The predicted molar refractivity (Wildman–Crippen MR) is 87.6 cm³/mol. The Labute approximate surface area is 146 Å². The number of carboxylic acid groups (broad SMARTS) is 1. The van der Waals surface area contributed by atoms with Crippen LogP contribution in [-0.4, -0.2) is 56.6 Å². The fourth-order valence-electron chi connectivity index (χ4n) is 2.65. The molecule has 1 aliphatic heterocycles. The summed E-state index contributed by atoms with van der Waals surface area (Å²) in [5.74, 6) is -1.89. The van der Waals surface area contributed by atoms with Crippen molar-refractivity contribution in [2.45, 2.75) is 18.2 Å². The Bertz CT molecular complexity index is 729. The summed E-state index contributed by atoms with van der Waals surface area (Å²) in [6.07, 6.45) is 0.0960. The molecule has 0 bridgehead atoms. The molecule has 1 aromatic rings. The molecule has 0 spiro atoms. The molecule has 1 heterocycles. The Morgan fingerprint density at radius 2 is 1.88 bits per heavy atom. The van der Waals surface area contributed by atoms with Gasteiger partial charge in [0.15, 0.2) is 0 Å². The minimum absolute atomic E-state index is 0.0315. The molecule has 0 aromatic heterocycles. The number of carboxylic acids is 1. The van der Waals surface area contributed by atoms with Gasteiger partial charge in [-0.3, -0.25) is 9.59 Å². The summed E-state index contributed by atoms with van der Waals surface area (Å²) >= 11 is 0. The fraction of sp³-hybridized carbons (Fsp3) is 0.500. The summed E-state index contributed by atoms with van der Waals surface area (Å²) in [5.41, 5.74) is 0. The van der Waals surface area contributed by atoms with Gasteiger partial charge in [-0.1, -0.05) is 6.92 Å². The van der Waals surface area contributed by atoms with Gasteiger partial charge in [-0.15, -0.1) is 0 Å². The molecule has 2 rings (SSSR count). The van der Waals surface area contributed by atoms with E-state index in [4.69, 9.17) is 9.84 Å². The van der Waals surface area contributed by atoms with Gasteiger partial charge in [0.05, 0.1) is 31.0 Å². The zero-order valence-corrected chi connectivity index (χ0v) is 14.9. The molecular formula is C16H21NO7S. The maximum Gasteiger partial charge on any atom is 0.308 e. The lowest BCUT2D eigenvalue weighted by Gasteiger charge is -2.16. The van der Waals surface area contributed by atoms with Crippen molar-refractivity contribution in [1.29, 1.82) is 0 Å². The van der Waals surface area contributed by atoms with E-state index < -0.39 is 27.9 Å². The smallest absolute Gasteiger partial charge is 0.308 e. The molecule has 0 amide bonds. The normalized spacial score (nSPS) is 21.0. The van der Waals surface area contributed by atoms with E-state index in [1.165, 1.54) is 35.7 Å². The van der Waals surface area contributed by atoms with Crippen LogP contribution in [0.5, 0.6) is 5.75 Å². The van der Waals surface area contributed by atoms with E-state index in [0.29, 0.717) is 5.75 Å². The van der Waals surface area contributed by atoms with Gasteiger partial charge < -0.3 is 14.6 Å². The number of esters is 1.